The van der Waals surface area contributed by atoms with E-state index < -0.39 is 0 Å². The second kappa shape index (κ2) is 4.23. The van der Waals surface area contributed by atoms with Crippen LogP contribution in [0.25, 0.3) is 4.96 Å². The number of aromatic nitrogens is 3. The molecule has 1 N–H and O–H groups in total. The van der Waals surface area contributed by atoms with Gasteiger partial charge in [0.15, 0.2) is 0 Å². The molecule has 0 aliphatic rings. The fourth-order valence-corrected chi connectivity index (χ4v) is 2.35. The van der Waals surface area contributed by atoms with Crippen LogP contribution in [0.2, 0.25) is 0 Å². The van der Waals surface area contributed by atoms with Crippen molar-refractivity contribution in [3.63, 3.8) is 0 Å². The summed E-state index contributed by atoms with van der Waals surface area (Å²) in [5, 5.41) is 7.93. The maximum Gasteiger partial charge on any atom is 0.275 e. The van der Waals surface area contributed by atoms with Crippen LogP contribution in [0, 0.1) is 6.92 Å². The molecule has 3 aromatic rings. The molecule has 0 radical (unpaired) electrons. The van der Waals surface area contributed by atoms with Crippen LogP contribution < -0.4 is 5.32 Å². The number of anilines is 1. The van der Waals surface area contributed by atoms with Crippen LogP contribution in [-0.4, -0.2) is 20.5 Å². The van der Waals surface area contributed by atoms with E-state index in [1.807, 2.05) is 37.3 Å². The Kier molecular flexibility index (Phi) is 2.56. The Hall–Kier alpha value is -2.21. The van der Waals surface area contributed by atoms with Gasteiger partial charge in [-0.15, -0.1) is 0 Å². The third-order valence-electron chi connectivity index (χ3n) is 2.41. The molecule has 90 valence electrons. The Balaban J connectivity index is 1.85. The molecule has 6 heteroatoms. The summed E-state index contributed by atoms with van der Waals surface area (Å²) in [7, 11) is 0. The molecule has 0 bridgehead atoms. The first-order valence-electron chi connectivity index (χ1n) is 5.41. The lowest BCUT2D eigenvalue weighted by Gasteiger charge is -2.01. The molecular weight excluding hydrogens is 248 g/mol. The molecule has 3 rings (SSSR count). The van der Waals surface area contributed by atoms with Gasteiger partial charge in [0.25, 0.3) is 5.91 Å². The highest BCUT2D eigenvalue weighted by Crippen LogP contribution is 2.14. The average Bonchev–Trinajstić information content (AvgIpc) is 2.87. The summed E-state index contributed by atoms with van der Waals surface area (Å²) < 4.78 is 1.62. The van der Waals surface area contributed by atoms with Crippen molar-refractivity contribution in [2.75, 3.05) is 5.32 Å². The quantitative estimate of drug-likeness (QED) is 0.767. The van der Waals surface area contributed by atoms with Gasteiger partial charge in [0.2, 0.25) is 4.96 Å². The van der Waals surface area contributed by atoms with Gasteiger partial charge < -0.3 is 5.32 Å². The summed E-state index contributed by atoms with van der Waals surface area (Å²) in [5.74, 6) is -0.225. The number of carbonyl (C=O) groups excluding carboxylic acids is 1. The number of carbonyl (C=O) groups is 1. The molecule has 0 saturated carbocycles. The van der Waals surface area contributed by atoms with E-state index >= 15 is 0 Å². The van der Waals surface area contributed by atoms with E-state index in [0.29, 0.717) is 5.69 Å². The predicted octanol–water partition coefficient (Wildman–Crippen LogP) is 2.35. The Morgan fingerprint density at radius 2 is 2.11 bits per heavy atom. The van der Waals surface area contributed by atoms with Crippen LogP contribution in [-0.2, 0) is 0 Å². The van der Waals surface area contributed by atoms with Crippen LogP contribution >= 0.6 is 11.3 Å². The van der Waals surface area contributed by atoms with E-state index in [9.17, 15) is 4.79 Å². The van der Waals surface area contributed by atoms with E-state index in [-0.39, 0.29) is 5.91 Å². The number of rotatable bonds is 2. The Labute approximate surface area is 107 Å². The highest BCUT2D eigenvalue weighted by atomic mass is 32.1. The van der Waals surface area contributed by atoms with Gasteiger partial charge in [0.05, 0.1) is 6.20 Å². The molecule has 2 aromatic heterocycles. The highest BCUT2D eigenvalue weighted by molar-refractivity contribution is 7.16. The molecule has 1 aromatic carbocycles. The van der Waals surface area contributed by atoms with Gasteiger partial charge in [0.1, 0.15) is 10.7 Å². The van der Waals surface area contributed by atoms with Crippen LogP contribution in [0.4, 0.5) is 5.69 Å². The number of fused-ring (bicyclic) bond motifs is 1. The second-order valence-corrected chi connectivity index (χ2v) is 4.95. The molecule has 0 aliphatic heterocycles. The minimum absolute atomic E-state index is 0.225. The van der Waals surface area contributed by atoms with Gasteiger partial charge in [-0.25, -0.2) is 9.50 Å². The van der Waals surface area contributed by atoms with Gasteiger partial charge in [0, 0.05) is 5.69 Å². The van der Waals surface area contributed by atoms with Crippen LogP contribution in [0.1, 0.15) is 15.5 Å². The maximum atomic E-state index is 12.0. The summed E-state index contributed by atoms with van der Waals surface area (Å²) in [6.07, 6.45) is 1.64. The van der Waals surface area contributed by atoms with E-state index in [1.54, 1.807) is 10.7 Å². The first-order chi connectivity index (χ1) is 8.72. The summed E-state index contributed by atoms with van der Waals surface area (Å²) in [4.78, 5) is 16.9. The molecule has 1 amide bonds. The van der Waals surface area contributed by atoms with E-state index in [2.05, 4.69) is 15.4 Å². The molecule has 2 heterocycles. The van der Waals surface area contributed by atoms with Crippen molar-refractivity contribution >= 4 is 27.9 Å². The number of nitrogens with zero attached hydrogens (tertiary/aromatic N) is 3. The molecule has 18 heavy (non-hydrogen) atoms. The summed E-state index contributed by atoms with van der Waals surface area (Å²) in [6.45, 7) is 1.91. The zero-order chi connectivity index (χ0) is 12.5. The number of nitrogens with one attached hydrogen (secondary N) is 1. The smallest absolute Gasteiger partial charge is 0.275 e. The van der Waals surface area contributed by atoms with Gasteiger partial charge in [-0.05, 0) is 19.1 Å². The van der Waals surface area contributed by atoms with Crippen molar-refractivity contribution in [3.05, 3.63) is 47.2 Å². The molecule has 0 spiro atoms. The normalized spacial score (nSPS) is 10.7. The highest BCUT2D eigenvalue weighted by Gasteiger charge is 2.12. The number of para-hydroxylation sites is 1. The van der Waals surface area contributed by atoms with E-state index in [4.69, 9.17) is 0 Å². The zero-order valence-corrected chi connectivity index (χ0v) is 10.4. The predicted molar refractivity (Wildman–Crippen MR) is 70.0 cm³/mol. The fraction of sp³-hybridized carbons (Fsp3) is 0.0833. The van der Waals surface area contributed by atoms with E-state index in [0.717, 1.165) is 15.7 Å². The van der Waals surface area contributed by atoms with Crippen molar-refractivity contribution in [1.82, 2.24) is 14.6 Å². The number of aryl methyl sites for hydroxylation is 1. The van der Waals surface area contributed by atoms with Gasteiger partial charge in [-0.1, -0.05) is 29.5 Å². The first-order valence-corrected chi connectivity index (χ1v) is 6.23. The average molecular weight is 258 g/mol. The van der Waals surface area contributed by atoms with Gasteiger partial charge in [-0.2, -0.15) is 5.10 Å². The largest absolute Gasteiger partial charge is 0.321 e. The summed E-state index contributed by atoms with van der Waals surface area (Å²) >= 11 is 1.46. The fourth-order valence-electron chi connectivity index (χ4n) is 1.63. The molecular formula is C12H10N4OS. The van der Waals surface area contributed by atoms with Crippen LogP contribution in [0.15, 0.2) is 36.5 Å². The monoisotopic (exact) mass is 258 g/mol. The van der Waals surface area contributed by atoms with Crippen LogP contribution in [0.3, 0.4) is 0 Å². The second-order valence-electron chi connectivity index (χ2n) is 3.79. The third kappa shape index (κ3) is 1.98. The number of hydrogen-bond acceptors (Lipinski definition) is 4. The van der Waals surface area contributed by atoms with Crippen molar-refractivity contribution in [2.24, 2.45) is 0 Å². The molecule has 0 saturated heterocycles. The topological polar surface area (TPSA) is 59.3 Å². The van der Waals surface area contributed by atoms with Gasteiger partial charge >= 0.3 is 0 Å². The first kappa shape index (κ1) is 10.9. The molecule has 0 atom stereocenters. The Morgan fingerprint density at radius 3 is 2.83 bits per heavy atom. The summed E-state index contributed by atoms with van der Waals surface area (Å²) in [6, 6.07) is 9.30. The molecule has 0 fully saturated rings. The minimum Gasteiger partial charge on any atom is -0.321 e. The lowest BCUT2D eigenvalue weighted by Crippen LogP contribution is -2.12. The number of benzene rings is 1. The van der Waals surface area contributed by atoms with Crippen LogP contribution in [0.5, 0.6) is 0 Å². The van der Waals surface area contributed by atoms with Gasteiger partial charge in [-0.3, -0.25) is 4.79 Å². The SMILES string of the molecule is Cc1nn2cc(C(=O)Nc3ccccc3)nc2s1. The van der Waals surface area contributed by atoms with E-state index in [1.165, 1.54) is 11.3 Å². The lowest BCUT2D eigenvalue weighted by atomic mass is 10.3. The summed E-state index contributed by atoms with van der Waals surface area (Å²) in [5.41, 5.74) is 1.13. The Bertz CT molecular complexity index is 670. The molecule has 5 nitrogen and oxygen atoms in total. The van der Waals surface area contributed by atoms with Crippen molar-refractivity contribution in [2.45, 2.75) is 6.92 Å². The number of amides is 1. The standard InChI is InChI=1S/C12H10N4OS/c1-8-15-16-7-10(14-12(16)18-8)11(17)13-9-5-3-2-4-6-9/h2-7H,1H3,(H,13,17). The van der Waals surface area contributed by atoms with Crippen molar-refractivity contribution < 1.29 is 4.79 Å². The zero-order valence-electron chi connectivity index (χ0n) is 9.62. The van der Waals surface area contributed by atoms with Crippen molar-refractivity contribution in [3.8, 4) is 0 Å². The molecule has 0 unspecified atom stereocenters. The van der Waals surface area contributed by atoms with Crippen molar-refractivity contribution in [1.29, 1.82) is 0 Å². The third-order valence-corrected chi connectivity index (χ3v) is 3.25. The minimum atomic E-state index is -0.225. The molecule has 0 aliphatic carbocycles. The lowest BCUT2D eigenvalue weighted by molar-refractivity contribution is 0.102. The number of imidazole rings is 1. The maximum absolute atomic E-state index is 12.0. The Morgan fingerprint density at radius 1 is 1.33 bits per heavy atom. The number of hydrogen-bond donors (Lipinski definition) is 1.